The topological polar surface area (TPSA) is 71.0 Å². The highest BCUT2D eigenvalue weighted by Gasteiger charge is 2.38. The molecule has 2 aromatic carbocycles. The van der Waals surface area contributed by atoms with Crippen LogP contribution >= 0.6 is 11.8 Å². The molecule has 2 amide bonds. The number of hydrogen-bond donors (Lipinski definition) is 1. The van der Waals surface area contributed by atoms with Gasteiger partial charge in [-0.2, -0.15) is 0 Å². The normalized spacial score (nSPS) is 17.8. The third-order valence-corrected chi connectivity index (χ3v) is 5.49. The van der Waals surface area contributed by atoms with Gasteiger partial charge in [-0.1, -0.05) is 36.0 Å². The summed E-state index contributed by atoms with van der Waals surface area (Å²) in [7, 11) is 1.56. The average molecular weight is 398 g/mol. The SMILES string of the molecule is CCN1C(=O)C(CC(=O)Nc2cc(C)ccc2OC)SC1=Nc1ccccc1. The summed E-state index contributed by atoms with van der Waals surface area (Å²) in [4.78, 5) is 31.5. The van der Waals surface area contributed by atoms with E-state index in [0.29, 0.717) is 23.1 Å². The Bertz CT molecular complexity index is 899. The van der Waals surface area contributed by atoms with Crippen LogP contribution in [0.1, 0.15) is 18.9 Å². The van der Waals surface area contributed by atoms with Crippen molar-refractivity contribution in [2.45, 2.75) is 25.5 Å². The summed E-state index contributed by atoms with van der Waals surface area (Å²) in [6, 6.07) is 15.1. The third kappa shape index (κ3) is 4.54. The second-order valence-corrected chi connectivity index (χ2v) is 7.54. The van der Waals surface area contributed by atoms with Crippen molar-refractivity contribution < 1.29 is 14.3 Å². The van der Waals surface area contributed by atoms with Crippen LogP contribution in [0.25, 0.3) is 0 Å². The summed E-state index contributed by atoms with van der Waals surface area (Å²) in [6.07, 6.45) is 0.0743. The third-order valence-electron chi connectivity index (χ3n) is 4.32. The number of nitrogens with zero attached hydrogens (tertiary/aromatic N) is 2. The maximum Gasteiger partial charge on any atom is 0.242 e. The smallest absolute Gasteiger partial charge is 0.242 e. The van der Waals surface area contributed by atoms with Crippen molar-refractivity contribution in [3.8, 4) is 5.75 Å². The molecular weight excluding hydrogens is 374 g/mol. The summed E-state index contributed by atoms with van der Waals surface area (Å²) in [6.45, 7) is 4.36. The van der Waals surface area contributed by atoms with Crippen molar-refractivity contribution in [1.82, 2.24) is 4.90 Å². The lowest BCUT2D eigenvalue weighted by Gasteiger charge is -2.14. The molecule has 1 unspecified atom stereocenters. The molecule has 0 aliphatic carbocycles. The predicted molar refractivity (Wildman–Crippen MR) is 113 cm³/mol. The minimum atomic E-state index is -0.488. The number of anilines is 1. The highest BCUT2D eigenvalue weighted by molar-refractivity contribution is 8.15. The zero-order valence-corrected chi connectivity index (χ0v) is 17.0. The van der Waals surface area contributed by atoms with Gasteiger partial charge in [-0.3, -0.25) is 14.5 Å². The summed E-state index contributed by atoms with van der Waals surface area (Å²) in [5.74, 6) is 0.270. The Hall–Kier alpha value is -2.80. The van der Waals surface area contributed by atoms with E-state index < -0.39 is 5.25 Å². The number of amides is 2. The lowest BCUT2D eigenvalue weighted by molar-refractivity contribution is -0.128. The first-order valence-electron chi connectivity index (χ1n) is 9.08. The van der Waals surface area contributed by atoms with E-state index in [-0.39, 0.29) is 18.2 Å². The van der Waals surface area contributed by atoms with Gasteiger partial charge in [0.15, 0.2) is 5.17 Å². The number of nitrogens with one attached hydrogen (secondary N) is 1. The summed E-state index contributed by atoms with van der Waals surface area (Å²) < 4.78 is 5.30. The maximum atomic E-state index is 12.7. The number of methoxy groups -OCH3 is 1. The number of hydrogen-bond acceptors (Lipinski definition) is 5. The summed E-state index contributed by atoms with van der Waals surface area (Å²) >= 11 is 1.33. The number of rotatable bonds is 6. The first kappa shape index (κ1) is 19.9. The van der Waals surface area contributed by atoms with Crippen LogP contribution in [0.4, 0.5) is 11.4 Å². The molecule has 6 nitrogen and oxygen atoms in total. The van der Waals surface area contributed by atoms with Gasteiger partial charge in [-0.15, -0.1) is 0 Å². The van der Waals surface area contributed by atoms with Crippen LogP contribution in [-0.4, -0.2) is 40.8 Å². The van der Waals surface area contributed by atoms with Gasteiger partial charge >= 0.3 is 0 Å². The fourth-order valence-electron chi connectivity index (χ4n) is 2.92. The Labute approximate surface area is 169 Å². The highest BCUT2D eigenvalue weighted by Crippen LogP contribution is 2.32. The van der Waals surface area contributed by atoms with E-state index in [1.807, 2.05) is 62.4 Å². The standard InChI is InChI=1S/C21H23N3O3S/c1-4-24-20(26)18(28-21(24)22-15-8-6-5-7-9-15)13-19(25)23-16-12-14(2)10-11-17(16)27-3/h5-12,18H,4,13H2,1-3H3,(H,23,25). The molecule has 1 heterocycles. The molecular formula is C21H23N3O3S. The number of ether oxygens (including phenoxy) is 1. The first-order valence-corrected chi connectivity index (χ1v) is 9.96. The lowest BCUT2D eigenvalue weighted by Crippen LogP contribution is -2.33. The summed E-state index contributed by atoms with van der Waals surface area (Å²) in [5, 5.41) is 3.00. The fraction of sp³-hybridized carbons (Fsp3) is 0.286. The van der Waals surface area contributed by atoms with Crippen molar-refractivity contribution in [3.63, 3.8) is 0 Å². The molecule has 1 fully saturated rings. The molecule has 0 bridgehead atoms. The number of aryl methyl sites for hydroxylation is 1. The van der Waals surface area contributed by atoms with Crippen molar-refractivity contribution in [2.24, 2.45) is 4.99 Å². The van der Waals surface area contributed by atoms with Gasteiger partial charge < -0.3 is 10.1 Å². The molecule has 1 saturated heterocycles. The molecule has 3 rings (SSSR count). The molecule has 146 valence electrons. The number of carbonyl (C=O) groups is 2. The number of aliphatic imine (C=N–C) groups is 1. The van der Waals surface area contributed by atoms with E-state index in [0.717, 1.165) is 11.3 Å². The zero-order chi connectivity index (χ0) is 20.1. The van der Waals surface area contributed by atoms with Gasteiger partial charge in [0, 0.05) is 13.0 Å². The molecule has 0 radical (unpaired) electrons. The lowest BCUT2D eigenvalue weighted by atomic mass is 10.2. The molecule has 1 N–H and O–H groups in total. The zero-order valence-electron chi connectivity index (χ0n) is 16.1. The fourth-order valence-corrected chi connectivity index (χ4v) is 4.14. The largest absolute Gasteiger partial charge is 0.495 e. The van der Waals surface area contributed by atoms with Crippen molar-refractivity contribution in [1.29, 1.82) is 0 Å². The second kappa shape index (κ2) is 8.93. The van der Waals surface area contributed by atoms with Crippen LogP contribution in [-0.2, 0) is 9.59 Å². The van der Waals surface area contributed by atoms with Crippen molar-refractivity contribution >= 4 is 40.1 Å². The van der Waals surface area contributed by atoms with E-state index in [2.05, 4.69) is 10.3 Å². The highest BCUT2D eigenvalue weighted by atomic mass is 32.2. The molecule has 1 atom stereocenters. The first-order chi connectivity index (χ1) is 13.5. The molecule has 1 aliphatic heterocycles. The molecule has 0 aromatic heterocycles. The van der Waals surface area contributed by atoms with Crippen LogP contribution < -0.4 is 10.1 Å². The van der Waals surface area contributed by atoms with Gasteiger partial charge in [-0.05, 0) is 43.7 Å². The van der Waals surface area contributed by atoms with Crippen LogP contribution in [0.5, 0.6) is 5.75 Å². The Morgan fingerprint density at radius 1 is 1.25 bits per heavy atom. The van der Waals surface area contributed by atoms with E-state index >= 15 is 0 Å². The predicted octanol–water partition coefficient (Wildman–Crippen LogP) is 3.98. The minimum Gasteiger partial charge on any atom is -0.495 e. The Morgan fingerprint density at radius 2 is 2.00 bits per heavy atom. The molecule has 0 spiro atoms. The van der Waals surface area contributed by atoms with Crippen molar-refractivity contribution in [3.05, 3.63) is 54.1 Å². The monoisotopic (exact) mass is 397 g/mol. The molecule has 0 saturated carbocycles. The number of amidine groups is 1. The van der Waals surface area contributed by atoms with Crippen LogP contribution in [0.15, 0.2) is 53.5 Å². The van der Waals surface area contributed by atoms with Crippen LogP contribution in [0.2, 0.25) is 0 Å². The van der Waals surface area contributed by atoms with E-state index in [4.69, 9.17) is 4.74 Å². The summed E-state index contributed by atoms with van der Waals surface area (Å²) in [5.41, 5.74) is 2.40. The van der Waals surface area contributed by atoms with Crippen molar-refractivity contribution in [2.75, 3.05) is 19.0 Å². The second-order valence-electron chi connectivity index (χ2n) is 6.37. The molecule has 2 aromatic rings. The van der Waals surface area contributed by atoms with Crippen LogP contribution in [0.3, 0.4) is 0 Å². The van der Waals surface area contributed by atoms with Gasteiger partial charge in [0.2, 0.25) is 11.8 Å². The van der Waals surface area contributed by atoms with E-state index in [1.54, 1.807) is 12.0 Å². The van der Waals surface area contributed by atoms with Gasteiger partial charge in [-0.25, -0.2) is 4.99 Å². The minimum absolute atomic E-state index is 0.0743. The Kier molecular flexibility index (Phi) is 6.36. The van der Waals surface area contributed by atoms with Gasteiger partial charge in [0.25, 0.3) is 0 Å². The molecule has 7 heteroatoms. The number of para-hydroxylation sites is 1. The van der Waals surface area contributed by atoms with Gasteiger partial charge in [0.1, 0.15) is 11.0 Å². The molecule has 1 aliphatic rings. The molecule has 28 heavy (non-hydrogen) atoms. The maximum absolute atomic E-state index is 12.7. The van der Waals surface area contributed by atoms with E-state index in [1.165, 1.54) is 11.8 Å². The average Bonchev–Trinajstić information content (AvgIpc) is 2.97. The van der Waals surface area contributed by atoms with Gasteiger partial charge in [0.05, 0.1) is 18.5 Å². The number of thioether (sulfide) groups is 1. The quantitative estimate of drug-likeness (QED) is 0.800. The van der Waals surface area contributed by atoms with Crippen LogP contribution in [0, 0.1) is 6.92 Å². The number of carbonyl (C=O) groups excluding carboxylic acids is 2. The van der Waals surface area contributed by atoms with E-state index in [9.17, 15) is 9.59 Å². The number of benzene rings is 2. The Morgan fingerprint density at radius 3 is 2.68 bits per heavy atom. The Balaban J connectivity index is 1.72.